The van der Waals surface area contributed by atoms with E-state index in [1.54, 1.807) is 14.2 Å². The van der Waals surface area contributed by atoms with Gasteiger partial charge in [-0.2, -0.15) is 0 Å². The average molecular weight is 379 g/mol. The van der Waals surface area contributed by atoms with Crippen LogP contribution in [0.2, 0.25) is 0 Å². The Balaban J connectivity index is 2.23. The second-order valence-electron chi connectivity index (χ2n) is 6.38. The van der Waals surface area contributed by atoms with Gasteiger partial charge in [0.25, 0.3) is 0 Å². The van der Waals surface area contributed by atoms with Crippen LogP contribution in [-0.2, 0) is 10.3 Å². The summed E-state index contributed by atoms with van der Waals surface area (Å²) in [6, 6.07) is 25.2. The molecular formula is C23H25NO4. The standard InChI is InChI=1S/C23H25NO4/c1-26-20-12-8-18(9-13-20)23(28-16-22(24)25,17-6-4-3-5-7-17)19-10-14-21(27-2)15-11-19/h3-15,22,25H,16,24H2,1-2H3. The Kier molecular flexibility index (Phi) is 6.31. The molecule has 0 fully saturated rings. The Labute approximate surface area is 165 Å². The summed E-state index contributed by atoms with van der Waals surface area (Å²) in [7, 11) is 3.26. The number of nitrogens with two attached hydrogens (primary N) is 1. The Morgan fingerprint density at radius 1 is 0.750 bits per heavy atom. The zero-order valence-electron chi connectivity index (χ0n) is 16.0. The Morgan fingerprint density at radius 2 is 1.18 bits per heavy atom. The van der Waals surface area contributed by atoms with E-state index in [-0.39, 0.29) is 6.61 Å². The van der Waals surface area contributed by atoms with Crippen LogP contribution in [0.5, 0.6) is 11.5 Å². The predicted octanol–water partition coefficient (Wildman–Crippen LogP) is 3.29. The zero-order chi connectivity index (χ0) is 20.0. The summed E-state index contributed by atoms with van der Waals surface area (Å²) in [6.45, 7) is -0.0348. The fraction of sp³-hybridized carbons (Fsp3) is 0.217. The molecular weight excluding hydrogens is 354 g/mol. The van der Waals surface area contributed by atoms with Crippen LogP contribution in [0.15, 0.2) is 78.9 Å². The quantitative estimate of drug-likeness (QED) is 0.464. The predicted molar refractivity (Wildman–Crippen MR) is 108 cm³/mol. The number of benzene rings is 3. The second kappa shape index (κ2) is 8.89. The zero-order valence-corrected chi connectivity index (χ0v) is 16.0. The highest BCUT2D eigenvalue weighted by atomic mass is 16.5. The van der Waals surface area contributed by atoms with Crippen molar-refractivity contribution in [1.82, 2.24) is 0 Å². The summed E-state index contributed by atoms with van der Waals surface area (Å²) < 4.78 is 16.9. The van der Waals surface area contributed by atoms with E-state index in [0.29, 0.717) is 0 Å². The van der Waals surface area contributed by atoms with Crippen LogP contribution in [-0.4, -0.2) is 32.2 Å². The molecule has 0 saturated heterocycles. The van der Waals surface area contributed by atoms with Crippen LogP contribution < -0.4 is 15.2 Å². The number of aliphatic hydroxyl groups is 1. The van der Waals surface area contributed by atoms with Crippen molar-refractivity contribution in [3.05, 3.63) is 95.6 Å². The number of hydrogen-bond donors (Lipinski definition) is 2. The molecule has 0 aromatic heterocycles. The lowest BCUT2D eigenvalue weighted by Crippen LogP contribution is -2.37. The fourth-order valence-electron chi connectivity index (χ4n) is 3.28. The summed E-state index contributed by atoms with van der Waals surface area (Å²) in [5.74, 6) is 1.50. The summed E-state index contributed by atoms with van der Waals surface area (Å²) in [6.07, 6.45) is -1.10. The summed E-state index contributed by atoms with van der Waals surface area (Å²) in [5.41, 5.74) is 7.37. The van der Waals surface area contributed by atoms with Crippen molar-refractivity contribution in [2.45, 2.75) is 11.8 Å². The van der Waals surface area contributed by atoms with E-state index < -0.39 is 11.8 Å². The monoisotopic (exact) mass is 379 g/mol. The maximum atomic E-state index is 9.73. The normalized spacial score (nSPS) is 12.4. The first-order chi connectivity index (χ1) is 13.6. The lowest BCUT2D eigenvalue weighted by Gasteiger charge is -2.36. The van der Waals surface area contributed by atoms with Gasteiger partial charge in [0, 0.05) is 0 Å². The van der Waals surface area contributed by atoms with Crippen LogP contribution >= 0.6 is 0 Å². The van der Waals surface area contributed by atoms with Crippen molar-refractivity contribution in [2.75, 3.05) is 20.8 Å². The molecule has 0 aliphatic rings. The van der Waals surface area contributed by atoms with Gasteiger partial charge in [-0.25, -0.2) is 0 Å². The molecule has 3 aromatic rings. The maximum absolute atomic E-state index is 9.73. The van der Waals surface area contributed by atoms with Gasteiger partial charge in [-0.15, -0.1) is 0 Å². The Hall–Kier alpha value is -2.86. The van der Waals surface area contributed by atoms with Gasteiger partial charge in [0.1, 0.15) is 23.3 Å². The van der Waals surface area contributed by atoms with Crippen LogP contribution in [0.25, 0.3) is 0 Å². The first-order valence-electron chi connectivity index (χ1n) is 9.02. The van der Waals surface area contributed by atoms with Crippen molar-refractivity contribution in [3.63, 3.8) is 0 Å². The number of ether oxygens (including phenoxy) is 3. The molecule has 0 aliphatic heterocycles. The minimum absolute atomic E-state index is 0.0348. The fourth-order valence-corrected chi connectivity index (χ4v) is 3.28. The van der Waals surface area contributed by atoms with E-state index in [2.05, 4.69) is 0 Å². The van der Waals surface area contributed by atoms with Crippen molar-refractivity contribution < 1.29 is 19.3 Å². The van der Waals surface area contributed by atoms with Crippen molar-refractivity contribution >= 4 is 0 Å². The van der Waals surface area contributed by atoms with E-state index in [1.165, 1.54) is 0 Å². The van der Waals surface area contributed by atoms with Gasteiger partial charge in [0.05, 0.1) is 20.8 Å². The van der Waals surface area contributed by atoms with Gasteiger partial charge in [0.15, 0.2) is 0 Å². The number of aliphatic hydroxyl groups excluding tert-OH is 1. The minimum Gasteiger partial charge on any atom is -0.497 e. The number of hydrogen-bond acceptors (Lipinski definition) is 5. The van der Waals surface area contributed by atoms with Gasteiger partial charge < -0.3 is 25.1 Å². The molecule has 28 heavy (non-hydrogen) atoms. The molecule has 3 aromatic carbocycles. The third-order valence-corrected chi connectivity index (χ3v) is 4.64. The summed E-state index contributed by atoms with van der Waals surface area (Å²) in [5, 5.41) is 9.73. The highest BCUT2D eigenvalue weighted by Crippen LogP contribution is 2.41. The van der Waals surface area contributed by atoms with E-state index in [0.717, 1.165) is 28.2 Å². The van der Waals surface area contributed by atoms with E-state index in [1.807, 2.05) is 78.9 Å². The Bertz CT molecular complexity index is 814. The van der Waals surface area contributed by atoms with Gasteiger partial charge in [-0.3, -0.25) is 0 Å². The number of methoxy groups -OCH3 is 2. The second-order valence-corrected chi connectivity index (χ2v) is 6.38. The van der Waals surface area contributed by atoms with Crippen molar-refractivity contribution in [3.8, 4) is 11.5 Å². The summed E-state index contributed by atoms with van der Waals surface area (Å²) >= 11 is 0. The molecule has 1 atom stereocenters. The minimum atomic E-state index is -1.10. The molecule has 0 bridgehead atoms. The van der Waals surface area contributed by atoms with Gasteiger partial charge >= 0.3 is 0 Å². The van der Waals surface area contributed by atoms with Gasteiger partial charge in [-0.05, 0) is 41.0 Å². The summed E-state index contributed by atoms with van der Waals surface area (Å²) in [4.78, 5) is 0. The molecule has 0 aliphatic carbocycles. The Morgan fingerprint density at radius 3 is 1.57 bits per heavy atom. The maximum Gasteiger partial charge on any atom is 0.143 e. The smallest absolute Gasteiger partial charge is 0.143 e. The van der Waals surface area contributed by atoms with Crippen LogP contribution in [0.1, 0.15) is 16.7 Å². The molecule has 0 radical (unpaired) electrons. The molecule has 1 unspecified atom stereocenters. The van der Waals surface area contributed by atoms with Gasteiger partial charge in [0.2, 0.25) is 0 Å². The van der Waals surface area contributed by atoms with Gasteiger partial charge in [-0.1, -0.05) is 54.6 Å². The topological polar surface area (TPSA) is 73.9 Å². The lowest BCUT2D eigenvalue weighted by atomic mass is 9.80. The van der Waals surface area contributed by atoms with E-state index >= 15 is 0 Å². The molecule has 5 nitrogen and oxygen atoms in total. The van der Waals surface area contributed by atoms with E-state index in [4.69, 9.17) is 19.9 Å². The first kappa shape index (κ1) is 19.9. The highest BCUT2D eigenvalue weighted by molar-refractivity contribution is 5.49. The third-order valence-electron chi connectivity index (χ3n) is 4.64. The van der Waals surface area contributed by atoms with E-state index in [9.17, 15) is 5.11 Å². The molecule has 3 rings (SSSR count). The molecule has 0 amide bonds. The molecule has 5 heteroatoms. The van der Waals surface area contributed by atoms with Crippen LogP contribution in [0.3, 0.4) is 0 Å². The molecule has 0 heterocycles. The largest absolute Gasteiger partial charge is 0.497 e. The molecule has 146 valence electrons. The molecule has 0 saturated carbocycles. The van der Waals surface area contributed by atoms with Crippen molar-refractivity contribution in [1.29, 1.82) is 0 Å². The lowest BCUT2D eigenvalue weighted by molar-refractivity contribution is -0.0360. The van der Waals surface area contributed by atoms with Crippen LogP contribution in [0.4, 0.5) is 0 Å². The third kappa shape index (κ3) is 4.02. The number of rotatable bonds is 8. The van der Waals surface area contributed by atoms with Crippen LogP contribution in [0, 0.1) is 0 Å². The first-order valence-corrected chi connectivity index (χ1v) is 9.02. The SMILES string of the molecule is COc1ccc(C(OCC(N)O)(c2ccccc2)c2ccc(OC)cc2)cc1. The average Bonchev–Trinajstić information content (AvgIpc) is 2.75. The van der Waals surface area contributed by atoms with Crippen molar-refractivity contribution in [2.24, 2.45) is 5.73 Å². The molecule has 0 spiro atoms. The molecule has 3 N–H and O–H groups in total. The highest BCUT2D eigenvalue weighted by Gasteiger charge is 2.38.